The van der Waals surface area contributed by atoms with E-state index in [1.54, 1.807) is 18.2 Å². The summed E-state index contributed by atoms with van der Waals surface area (Å²) in [6.07, 6.45) is 6.51. The lowest BCUT2D eigenvalue weighted by molar-refractivity contribution is 0.0698. The first-order chi connectivity index (χ1) is 13.7. The predicted molar refractivity (Wildman–Crippen MR) is 104 cm³/mol. The van der Waals surface area contributed by atoms with Crippen LogP contribution in [-0.4, -0.2) is 43.6 Å². The van der Waals surface area contributed by atoms with Gasteiger partial charge in [-0.25, -0.2) is 4.39 Å². The molecule has 5 rings (SSSR count). The van der Waals surface area contributed by atoms with Crippen LogP contribution in [-0.2, 0) is 13.0 Å². The highest BCUT2D eigenvalue weighted by atomic mass is 19.1. The predicted octanol–water partition coefficient (Wildman–Crippen LogP) is 3.64. The molecule has 1 N–H and O–H groups in total. The van der Waals surface area contributed by atoms with Gasteiger partial charge in [-0.1, -0.05) is 12.5 Å². The van der Waals surface area contributed by atoms with Gasteiger partial charge in [-0.15, -0.1) is 10.2 Å². The van der Waals surface area contributed by atoms with Crippen molar-refractivity contribution in [3.8, 4) is 0 Å². The lowest BCUT2D eigenvalue weighted by Gasteiger charge is -2.32. The van der Waals surface area contributed by atoms with Crippen LogP contribution in [0.3, 0.4) is 0 Å². The smallest absolute Gasteiger partial charge is 0.270 e. The van der Waals surface area contributed by atoms with Gasteiger partial charge < -0.3 is 14.5 Å². The Morgan fingerprint density at radius 2 is 2.07 bits per heavy atom. The molecule has 0 spiro atoms. The number of aryl methyl sites for hydroxylation is 1. The van der Waals surface area contributed by atoms with Crippen molar-refractivity contribution in [3.05, 3.63) is 47.4 Å². The van der Waals surface area contributed by atoms with E-state index < -0.39 is 0 Å². The number of piperidine rings is 1. The van der Waals surface area contributed by atoms with Crippen molar-refractivity contribution in [2.75, 3.05) is 13.1 Å². The Balaban J connectivity index is 1.39. The van der Waals surface area contributed by atoms with E-state index in [4.69, 9.17) is 0 Å². The third-order valence-electron chi connectivity index (χ3n) is 6.05. The van der Waals surface area contributed by atoms with Crippen molar-refractivity contribution < 1.29 is 9.18 Å². The molecule has 146 valence electrons. The molecule has 2 aliphatic heterocycles. The Morgan fingerprint density at radius 3 is 2.96 bits per heavy atom. The summed E-state index contributed by atoms with van der Waals surface area (Å²) in [5, 5.41) is 9.37. The number of aromatic nitrogens is 4. The number of halogens is 1. The highest BCUT2D eigenvalue weighted by Gasteiger charge is 2.30. The van der Waals surface area contributed by atoms with Gasteiger partial charge in [0.1, 0.15) is 23.2 Å². The number of rotatable bonds is 2. The Kier molecular flexibility index (Phi) is 4.37. The summed E-state index contributed by atoms with van der Waals surface area (Å²) in [7, 11) is 0. The second-order valence-electron chi connectivity index (χ2n) is 7.91. The standard InChI is InChI=1S/C21H24FN5O/c22-16-7-4-8-17-15(16)12-18(23-17)21(28)26-10-5-6-14(13-26)20-25-24-19-9-2-1-3-11-27(19)20/h4,7-8,12,14,23H,1-3,5-6,9-11,13H2. The molecule has 1 aromatic carbocycles. The molecule has 1 unspecified atom stereocenters. The summed E-state index contributed by atoms with van der Waals surface area (Å²) in [6, 6.07) is 6.48. The summed E-state index contributed by atoms with van der Waals surface area (Å²) < 4.78 is 16.3. The molecular weight excluding hydrogens is 357 g/mol. The minimum atomic E-state index is -0.310. The molecule has 7 heteroatoms. The van der Waals surface area contributed by atoms with Gasteiger partial charge in [0.25, 0.3) is 5.91 Å². The third-order valence-corrected chi connectivity index (χ3v) is 6.05. The molecule has 4 heterocycles. The minimum absolute atomic E-state index is 0.0732. The molecule has 6 nitrogen and oxygen atoms in total. The summed E-state index contributed by atoms with van der Waals surface area (Å²) >= 11 is 0. The molecule has 2 aromatic heterocycles. The molecule has 1 fully saturated rings. The molecule has 0 aliphatic carbocycles. The zero-order valence-corrected chi connectivity index (χ0v) is 15.8. The fraction of sp³-hybridized carbons (Fsp3) is 0.476. The van der Waals surface area contributed by atoms with E-state index in [1.807, 2.05) is 4.90 Å². The number of fused-ring (bicyclic) bond motifs is 2. The molecule has 28 heavy (non-hydrogen) atoms. The van der Waals surface area contributed by atoms with Crippen LogP contribution < -0.4 is 0 Å². The number of benzene rings is 1. The Labute approximate surface area is 162 Å². The largest absolute Gasteiger partial charge is 0.350 e. The highest BCUT2D eigenvalue weighted by Crippen LogP contribution is 2.29. The third kappa shape index (κ3) is 2.99. The van der Waals surface area contributed by atoms with E-state index in [0.29, 0.717) is 29.7 Å². The van der Waals surface area contributed by atoms with Gasteiger partial charge in [0.05, 0.1) is 0 Å². The summed E-state index contributed by atoms with van der Waals surface area (Å²) in [5.74, 6) is 1.93. The number of likely N-dealkylation sites (tertiary alicyclic amines) is 1. The number of H-pyrrole nitrogens is 1. The van der Waals surface area contributed by atoms with Crippen LogP contribution in [0.1, 0.15) is 60.2 Å². The fourth-order valence-electron chi connectivity index (χ4n) is 4.59. The first-order valence-corrected chi connectivity index (χ1v) is 10.2. The van der Waals surface area contributed by atoms with E-state index in [0.717, 1.165) is 43.9 Å². The average molecular weight is 381 g/mol. The topological polar surface area (TPSA) is 66.8 Å². The first kappa shape index (κ1) is 17.4. The molecule has 1 amide bonds. The Morgan fingerprint density at radius 1 is 1.14 bits per heavy atom. The van der Waals surface area contributed by atoms with Gasteiger partial charge in [0, 0.05) is 42.9 Å². The maximum Gasteiger partial charge on any atom is 0.270 e. The fourth-order valence-corrected chi connectivity index (χ4v) is 4.59. The van der Waals surface area contributed by atoms with Crippen molar-refractivity contribution >= 4 is 16.8 Å². The van der Waals surface area contributed by atoms with Gasteiger partial charge >= 0.3 is 0 Å². The molecule has 3 aromatic rings. The summed E-state index contributed by atoms with van der Waals surface area (Å²) in [5.41, 5.74) is 1.10. The normalized spacial score (nSPS) is 20.2. The van der Waals surface area contributed by atoms with E-state index in [2.05, 4.69) is 19.7 Å². The van der Waals surface area contributed by atoms with Gasteiger partial charge in [-0.2, -0.15) is 0 Å². The molecule has 0 bridgehead atoms. The van der Waals surface area contributed by atoms with Crippen LogP contribution in [0.4, 0.5) is 4.39 Å². The van der Waals surface area contributed by atoms with Crippen LogP contribution >= 0.6 is 0 Å². The highest BCUT2D eigenvalue weighted by molar-refractivity contribution is 5.98. The monoisotopic (exact) mass is 381 g/mol. The van der Waals surface area contributed by atoms with E-state index >= 15 is 0 Å². The van der Waals surface area contributed by atoms with Crippen molar-refractivity contribution in [1.82, 2.24) is 24.6 Å². The number of hydrogen-bond acceptors (Lipinski definition) is 3. The van der Waals surface area contributed by atoms with E-state index in [1.165, 1.54) is 18.9 Å². The summed E-state index contributed by atoms with van der Waals surface area (Å²) in [6.45, 7) is 2.33. The van der Waals surface area contributed by atoms with Gasteiger partial charge in [-0.05, 0) is 43.9 Å². The van der Waals surface area contributed by atoms with Crippen molar-refractivity contribution in [2.24, 2.45) is 0 Å². The maximum atomic E-state index is 14.0. The second-order valence-corrected chi connectivity index (χ2v) is 7.91. The number of nitrogens with zero attached hydrogens (tertiary/aromatic N) is 4. The second kappa shape index (κ2) is 7.04. The van der Waals surface area contributed by atoms with Crippen LogP contribution in [0.25, 0.3) is 10.9 Å². The van der Waals surface area contributed by atoms with Crippen molar-refractivity contribution in [1.29, 1.82) is 0 Å². The number of amides is 1. The molecule has 0 radical (unpaired) electrons. The molecule has 0 saturated carbocycles. The van der Waals surface area contributed by atoms with Gasteiger partial charge in [0.2, 0.25) is 0 Å². The molecular formula is C21H24FN5O. The summed E-state index contributed by atoms with van der Waals surface area (Å²) in [4.78, 5) is 18.0. The minimum Gasteiger partial charge on any atom is -0.350 e. The number of carbonyl (C=O) groups excluding carboxylic acids is 1. The lowest BCUT2D eigenvalue weighted by atomic mass is 9.96. The first-order valence-electron chi connectivity index (χ1n) is 10.2. The van der Waals surface area contributed by atoms with Crippen molar-refractivity contribution in [2.45, 2.75) is 51.0 Å². The molecule has 2 aliphatic rings. The van der Waals surface area contributed by atoms with E-state index in [9.17, 15) is 9.18 Å². The van der Waals surface area contributed by atoms with Crippen LogP contribution in [0.2, 0.25) is 0 Å². The van der Waals surface area contributed by atoms with Crippen LogP contribution in [0.15, 0.2) is 24.3 Å². The van der Waals surface area contributed by atoms with Gasteiger partial charge in [0.15, 0.2) is 0 Å². The number of nitrogens with one attached hydrogen (secondary N) is 1. The maximum absolute atomic E-state index is 14.0. The van der Waals surface area contributed by atoms with Crippen LogP contribution in [0, 0.1) is 5.82 Å². The van der Waals surface area contributed by atoms with Crippen molar-refractivity contribution in [3.63, 3.8) is 0 Å². The number of hydrogen-bond donors (Lipinski definition) is 1. The zero-order chi connectivity index (χ0) is 19.1. The lowest BCUT2D eigenvalue weighted by Crippen LogP contribution is -2.40. The average Bonchev–Trinajstić information content (AvgIpc) is 3.26. The SMILES string of the molecule is O=C(c1cc2c(F)cccc2[nH]1)N1CCCC(c2nnc3n2CCCCC3)C1. The zero-order valence-electron chi connectivity index (χ0n) is 15.8. The van der Waals surface area contributed by atoms with Gasteiger partial charge in [-0.3, -0.25) is 4.79 Å². The van der Waals surface area contributed by atoms with E-state index in [-0.39, 0.29) is 17.6 Å². The molecule has 1 saturated heterocycles. The Bertz CT molecular complexity index is 1020. The number of aromatic amines is 1. The molecule has 1 atom stereocenters. The van der Waals surface area contributed by atoms with Crippen LogP contribution in [0.5, 0.6) is 0 Å². The quantitative estimate of drug-likeness (QED) is 0.737. The Hall–Kier alpha value is -2.70. The number of carbonyl (C=O) groups is 1.